The molecule has 0 fully saturated rings. The maximum atomic E-state index is 11.7. The Balaban J connectivity index is 0.00000312. The second kappa shape index (κ2) is 12.4. The highest BCUT2D eigenvalue weighted by molar-refractivity contribution is 5.85. The average molecular weight is 402 g/mol. The third-order valence-electron chi connectivity index (χ3n) is 3.43. The minimum absolute atomic E-state index is 0. The summed E-state index contributed by atoms with van der Waals surface area (Å²) in [5, 5.41) is 2.82. The molecule has 1 unspecified atom stereocenters. The second-order valence-corrected chi connectivity index (χ2v) is 5.34. The number of aromatic nitrogens is 1. The lowest BCUT2D eigenvalue weighted by Gasteiger charge is -2.11. The van der Waals surface area contributed by atoms with Crippen LogP contribution in [0.1, 0.15) is 19.4 Å². The van der Waals surface area contributed by atoms with Crippen molar-refractivity contribution in [2.45, 2.75) is 20.4 Å². The molecule has 8 heteroatoms. The largest absolute Gasteiger partial charge is 0.490 e. The van der Waals surface area contributed by atoms with Crippen LogP contribution < -0.4 is 20.5 Å². The molecule has 1 amide bonds. The van der Waals surface area contributed by atoms with Crippen molar-refractivity contribution in [1.82, 2.24) is 10.3 Å². The molecular formula is C18H25Cl2N3O3. The molecule has 26 heavy (non-hydrogen) atoms. The van der Waals surface area contributed by atoms with Gasteiger partial charge in [-0.3, -0.25) is 4.79 Å². The zero-order valence-corrected chi connectivity index (χ0v) is 16.4. The topological polar surface area (TPSA) is 86.5 Å². The zero-order chi connectivity index (χ0) is 17.4. The number of pyridine rings is 1. The van der Waals surface area contributed by atoms with Crippen LogP contribution in [0.4, 0.5) is 0 Å². The molecule has 0 aliphatic heterocycles. The van der Waals surface area contributed by atoms with Gasteiger partial charge >= 0.3 is 0 Å². The zero-order valence-electron chi connectivity index (χ0n) is 14.8. The van der Waals surface area contributed by atoms with E-state index in [9.17, 15) is 4.79 Å². The van der Waals surface area contributed by atoms with Crippen molar-refractivity contribution in [2.24, 2.45) is 11.7 Å². The van der Waals surface area contributed by atoms with Gasteiger partial charge in [0.15, 0.2) is 11.5 Å². The van der Waals surface area contributed by atoms with Gasteiger partial charge in [0.05, 0.1) is 6.61 Å². The molecule has 2 rings (SSSR count). The number of nitrogens with two attached hydrogens (primary N) is 1. The van der Waals surface area contributed by atoms with Gasteiger partial charge in [0, 0.05) is 31.3 Å². The lowest BCUT2D eigenvalue weighted by atomic mass is 10.1. The average Bonchev–Trinajstić information content (AvgIpc) is 2.62. The molecular weight excluding hydrogens is 377 g/mol. The first-order chi connectivity index (χ1) is 11.6. The summed E-state index contributed by atoms with van der Waals surface area (Å²) >= 11 is 0. The van der Waals surface area contributed by atoms with E-state index in [0.717, 1.165) is 5.56 Å². The van der Waals surface area contributed by atoms with Crippen molar-refractivity contribution in [2.75, 3.05) is 13.2 Å². The van der Waals surface area contributed by atoms with Gasteiger partial charge in [-0.05, 0) is 24.6 Å². The molecule has 0 aliphatic rings. The van der Waals surface area contributed by atoms with Crippen molar-refractivity contribution in [3.05, 3.63) is 48.2 Å². The predicted octanol–water partition coefficient (Wildman–Crippen LogP) is 3.33. The highest BCUT2D eigenvalue weighted by atomic mass is 35.5. The van der Waals surface area contributed by atoms with E-state index in [4.69, 9.17) is 15.2 Å². The quantitative estimate of drug-likeness (QED) is 0.708. The highest BCUT2D eigenvalue weighted by Crippen LogP contribution is 2.30. The number of carbonyl (C=O) groups excluding carboxylic acids is 1. The van der Waals surface area contributed by atoms with Gasteiger partial charge in [-0.25, -0.2) is 4.98 Å². The molecule has 144 valence electrons. The number of rotatable bonds is 8. The van der Waals surface area contributed by atoms with Crippen LogP contribution in [0, 0.1) is 5.92 Å². The number of ether oxygens (including phenoxy) is 2. The molecule has 1 aromatic heterocycles. The first-order valence-electron chi connectivity index (χ1n) is 7.96. The molecule has 2 aromatic rings. The number of nitrogens with zero attached hydrogens (tertiary/aromatic N) is 1. The van der Waals surface area contributed by atoms with Gasteiger partial charge in [-0.15, -0.1) is 24.8 Å². The number of hydrogen-bond acceptors (Lipinski definition) is 5. The maximum absolute atomic E-state index is 11.7. The number of halogens is 2. The molecule has 6 nitrogen and oxygen atoms in total. The Labute approximate surface area is 166 Å². The smallest absolute Gasteiger partial charge is 0.224 e. The molecule has 1 atom stereocenters. The van der Waals surface area contributed by atoms with Gasteiger partial charge in [-0.2, -0.15) is 0 Å². The van der Waals surface area contributed by atoms with Gasteiger partial charge < -0.3 is 20.5 Å². The summed E-state index contributed by atoms with van der Waals surface area (Å²) < 4.78 is 11.3. The molecule has 1 heterocycles. The van der Waals surface area contributed by atoms with Crippen molar-refractivity contribution in [1.29, 1.82) is 0 Å². The maximum Gasteiger partial charge on any atom is 0.224 e. The van der Waals surface area contributed by atoms with Crippen LogP contribution in [0.3, 0.4) is 0 Å². The first kappa shape index (κ1) is 24.0. The SMILES string of the molecule is CCOc1ccccc1Oc1ccc(CNC(=O)C(C)CN)cn1.Cl.Cl. The van der Waals surface area contributed by atoms with Gasteiger partial charge in [0.25, 0.3) is 0 Å². The molecule has 0 radical (unpaired) electrons. The molecule has 0 aliphatic carbocycles. The van der Waals surface area contributed by atoms with E-state index < -0.39 is 0 Å². The Morgan fingerprint density at radius 1 is 1.19 bits per heavy atom. The Bertz CT molecular complexity index is 669. The summed E-state index contributed by atoms with van der Waals surface area (Å²) in [6, 6.07) is 11.1. The van der Waals surface area contributed by atoms with Crippen LogP contribution in [0.15, 0.2) is 42.6 Å². The number of amides is 1. The standard InChI is InChI=1S/C18H23N3O3.2ClH/c1-3-23-15-6-4-5-7-16(15)24-17-9-8-14(11-20-17)12-21-18(22)13(2)10-19;;/h4-9,11,13H,3,10,12,19H2,1-2H3,(H,21,22);2*1H. The fourth-order valence-electron chi connectivity index (χ4n) is 1.97. The normalized spacial score (nSPS) is 10.7. The lowest BCUT2D eigenvalue weighted by Crippen LogP contribution is -2.32. The predicted molar refractivity (Wildman–Crippen MR) is 106 cm³/mol. The third kappa shape index (κ3) is 7.07. The van der Waals surface area contributed by atoms with Gasteiger partial charge in [0.1, 0.15) is 0 Å². The molecule has 1 aromatic carbocycles. The third-order valence-corrected chi connectivity index (χ3v) is 3.43. The van der Waals surface area contributed by atoms with E-state index in [-0.39, 0.29) is 36.6 Å². The molecule has 0 saturated heterocycles. The van der Waals surface area contributed by atoms with Crippen LogP contribution in [0.2, 0.25) is 0 Å². The number of carbonyl (C=O) groups is 1. The Hall–Kier alpha value is -2.02. The number of benzene rings is 1. The molecule has 0 spiro atoms. The fraction of sp³-hybridized carbons (Fsp3) is 0.333. The monoisotopic (exact) mass is 401 g/mol. The number of nitrogens with one attached hydrogen (secondary N) is 1. The van der Waals surface area contributed by atoms with Crippen LogP contribution in [-0.2, 0) is 11.3 Å². The van der Waals surface area contributed by atoms with Crippen molar-refractivity contribution < 1.29 is 14.3 Å². The van der Waals surface area contributed by atoms with Crippen LogP contribution in [0.5, 0.6) is 17.4 Å². The summed E-state index contributed by atoms with van der Waals surface area (Å²) in [4.78, 5) is 16.0. The Morgan fingerprint density at radius 2 is 1.88 bits per heavy atom. The van der Waals surface area contributed by atoms with E-state index in [2.05, 4.69) is 10.3 Å². The number of para-hydroxylation sites is 2. The summed E-state index contributed by atoms with van der Waals surface area (Å²) in [6.07, 6.45) is 1.67. The minimum atomic E-state index is -0.198. The first-order valence-corrected chi connectivity index (χ1v) is 7.96. The highest BCUT2D eigenvalue weighted by Gasteiger charge is 2.10. The van der Waals surface area contributed by atoms with Crippen molar-refractivity contribution in [3.63, 3.8) is 0 Å². The van der Waals surface area contributed by atoms with Crippen molar-refractivity contribution >= 4 is 30.7 Å². The van der Waals surface area contributed by atoms with E-state index in [1.54, 1.807) is 19.2 Å². The van der Waals surface area contributed by atoms with E-state index in [0.29, 0.717) is 37.1 Å². The van der Waals surface area contributed by atoms with E-state index in [1.165, 1.54) is 0 Å². The lowest BCUT2D eigenvalue weighted by molar-refractivity contribution is -0.124. The van der Waals surface area contributed by atoms with Gasteiger partial charge in [-0.1, -0.05) is 25.1 Å². The summed E-state index contributed by atoms with van der Waals surface area (Å²) in [7, 11) is 0. The van der Waals surface area contributed by atoms with E-state index in [1.807, 2.05) is 37.3 Å². The van der Waals surface area contributed by atoms with Crippen molar-refractivity contribution in [3.8, 4) is 17.4 Å². The number of hydrogen-bond donors (Lipinski definition) is 2. The Morgan fingerprint density at radius 3 is 2.46 bits per heavy atom. The van der Waals surface area contributed by atoms with Crippen LogP contribution in [0.25, 0.3) is 0 Å². The summed E-state index contributed by atoms with van der Waals surface area (Å²) in [6.45, 7) is 5.01. The molecule has 3 N–H and O–H groups in total. The Kier molecular flexibility index (Phi) is 11.4. The minimum Gasteiger partial charge on any atom is -0.490 e. The van der Waals surface area contributed by atoms with Crippen LogP contribution in [-0.4, -0.2) is 24.0 Å². The van der Waals surface area contributed by atoms with Crippen LogP contribution >= 0.6 is 24.8 Å². The van der Waals surface area contributed by atoms with Gasteiger partial charge in [0.2, 0.25) is 11.8 Å². The summed E-state index contributed by atoms with van der Waals surface area (Å²) in [5.41, 5.74) is 6.36. The summed E-state index contributed by atoms with van der Waals surface area (Å²) in [5.74, 6) is 1.49. The fourth-order valence-corrected chi connectivity index (χ4v) is 1.97. The second-order valence-electron chi connectivity index (χ2n) is 5.34. The molecule has 0 bridgehead atoms. The van der Waals surface area contributed by atoms with E-state index >= 15 is 0 Å². The molecule has 0 saturated carbocycles.